The van der Waals surface area contributed by atoms with Crippen molar-refractivity contribution in [3.05, 3.63) is 70.5 Å². The molecule has 1 fully saturated rings. The molecule has 31 heavy (non-hydrogen) atoms. The Hall–Kier alpha value is -2.11. The van der Waals surface area contributed by atoms with Crippen molar-refractivity contribution in [2.45, 2.75) is 57.2 Å². The van der Waals surface area contributed by atoms with Crippen LogP contribution in [0.2, 0.25) is 5.02 Å². The van der Waals surface area contributed by atoms with E-state index in [4.69, 9.17) is 23.2 Å². The van der Waals surface area contributed by atoms with E-state index in [1.165, 1.54) is 17.0 Å². The van der Waals surface area contributed by atoms with Gasteiger partial charge in [0, 0.05) is 23.2 Å². The van der Waals surface area contributed by atoms with Crippen LogP contribution in [0.4, 0.5) is 4.39 Å². The largest absolute Gasteiger partial charge is 0.351 e. The van der Waals surface area contributed by atoms with Gasteiger partial charge in [0.2, 0.25) is 11.8 Å². The second-order valence-corrected chi connectivity index (χ2v) is 8.58. The molecule has 0 heterocycles. The van der Waals surface area contributed by atoms with Crippen molar-refractivity contribution < 1.29 is 14.0 Å². The van der Waals surface area contributed by atoms with Crippen LogP contribution in [0.3, 0.4) is 0 Å². The molecule has 1 aliphatic carbocycles. The Morgan fingerprint density at radius 1 is 1.06 bits per heavy atom. The Bertz CT molecular complexity index is 886. The predicted octanol–water partition coefficient (Wildman–Crippen LogP) is 5.63. The summed E-state index contributed by atoms with van der Waals surface area (Å²) in [5.74, 6) is -1.50. The third-order valence-electron chi connectivity index (χ3n) is 5.65. The second kappa shape index (κ2) is 11.5. The number of hydrogen-bond acceptors (Lipinski definition) is 2. The minimum atomic E-state index is -1.01. The Balaban J connectivity index is 1.97. The minimum Gasteiger partial charge on any atom is -0.351 e. The molecule has 1 saturated carbocycles. The first-order valence-corrected chi connectivity index (χ1v) is 11.6. The van der Waals surface area contributed by atoms with Gasteiger partial charge >= 0.3 is 0 Å². The number of benzene rings is 2. The SMILES string of the molecule is O=C(NC1CCCCCC1)C(c1ccc(F)cc1Cl)N(Cc1ccccc1)C(=O)CCl. The van der Waals surface area contributed by atoms with Crippen LogP contribution in [-0.4, -0.2) is 28.6 Å². The summed E-state index contributed by atoms with van der Waals surface area (Å²) in [4.78, 5) is 27.8. The third kappa shape index (κ3) is 6.44. The van der Waals surface area contributed by atoms with E-state index in [2.05, 4.69) is 5.32 Å². The second-order valence-electron chi connectivity index (χ2n) is 7.91. The van der Waals surface area contributed by atoms with Gasteiger partial charge in [0.1, 0.15) is 17.7 Å². The van der Waals surface area contributed by atoms with Gasteiger partial charge in [-0.2, -0.15) is 0 Å². The van der Waals surface area contributed by atoms with E-state index in [1.54, 1.807) is 0 Å². The molecular weight excluding hydrogens is 438 g/mol. The molecule has 0 saturated heterocycles. The van der Waals surface area contributed by atoms with Crippen LogP contribution in [0.5, 0.6) is 0 Å². The Labute approximate surface area is 192 Å². The smallest absolute Gasteiger partial charge is 0.247 e. The monoisotopic (exact) mass is 464 g/mol. The topological polar surface area (TPSA) is 49.4 Å². The fourth-order valence-corrected chi connectivity index (χ4v) is 4.48. The number of halogens is 3. The lowest BCUT2D eigenvalue weighted by Gasteiger charge is -2.33. The van der Waals surface area contributed by atoms with Gasteiger partial charge in [-0.15, -0.1) is 11.6 Å². The highest BCUT2D eigenvalue weighted by Crippen LogP contribution is 2.31. The number of alkyl halides is 1. The van der Waals surface area contributed by atoms with Gasteiger partial charge in [-0.05, 0) is 30.5 Å². The molecule has 3 rings (SSSR count). The molecule has 2 aromatic rings. The van der Waals surface area contributed by atoms with Gasteiger partial charge in [0.25, 0.3) is 0 Å². The maximum Gasteiger partial charge on any atom is 0.247 e. The molecule has 0 aromatic heterocycles. The zero-order valence-corrected chi connectivity index (χ0v) is 18.8. The molecule has 0 bridgehead atoms. The molecule has 2 amide bonds. The maximum atomic E-state index is 13.7. The Morgan fingerprint density at radius 2 is 1.74 bits per heavy atom. The first-order valence-electron chi connectivity index (χ1n) is 10.6. The van der Waals surface area contributed by atoms with Gasteiger partial charge in [0.05, 0.1) is 0 Å². The van der Waals surface area contributed by atoms with Crippen molar-refractivity contribution >= 4 is 35.0 Å². The van der Waals surface area contributed by atoms with Crippen LogP contribution >= 0.6 is 23.2 Å². The van der Waals surface area contributed by atoms with Crippen LogP contribution in [0.1, 0.15) is 55.7 Å². The number of rotatable bonds is 7. The summed E-state index contributed by atoms with van der Waals surface area (Å²) in [5, 5.41) is 3.21. The fourth-order valence-electron chi connectivity index (χ4n) is 4.06. The van der Waals surface area contributed by atoms with Crippen LogP contribution in [0.15, 0.2) is 48.5 Å². The van der Waals surface area contributed by atoms with E-state index in [0.29, 0.717) is 5.56 Å². The number of hydrogen-bond donors (Lipinski definition) is 1. The van der Waals surface area contributed by atoms with Crippen LogP contribution in [-0.2, 0) is 16.1 Å². The lowest BCUT2D eigenvalue weighted by Crippen LogP contribution is -2.46. The molecule has 1 aliphatic rings. The molecule has 0 spiro atoms. The maximum absolute atomic E-state index is 13.7. The molecule has 7 heteroatoms. The third-order valence-corrected chi connectivity index (χ3v) is 6.21. The fraction of sp³-hybridized carbons (Fsp3) is 0.417. The zero-order valence-electron chi connectivity index (χ0n) is 17.3. The lowest BCUT2D eigenvalue weighted by molar-refractivity contribution is -0.140. The summed E-state index contributed by atoms with van der Waals surface area (Å²) in [5.41, 5.74) is 1.23. The van der Waals surface area contributed by atoms with Crippen molar-refractivity contribution in [1.29, 1.82) is 0 Å². The van der Waals surface area contributed by atoms with Crippen molar-refractivity contribution in [1.82, 2.24) is 10.2 Å². The molecule has 2 aromatic carbocycles. The van der Waals surface area contributed by atoms with Gasteiger partial charge in [-0.1, -0.05) is 73.7 Å². The molecule has 166 valence electrons. The van der Waals surface area contributed by atoms with E-state index in [1.807, 2.05) is 30.3 Å². The highest BCUT2D eigenvalue weighted by molar-refractivity contribution is 6.31. The standard InChI is InChI=1S/C24H27Cl2FN2O2/c25-15-22(30)29(16-17-8-4-3-5-9-17)23(20-13-12-18(27)14-21(20)26)24(31)28-19-10-6-1-2-7-11-19/h3-5,8-9,12-14,19,23H,1-2,6-7,10-11,15-16H2,(H,28,31). The molecule has 1 unspecified atom stereocenters. The van der Waals surface area contributed by atoms with Crippen molar-refractivity contribution in [2.75, 3.05) is 5.88 Å². The van der Waals surface area contributed by atoms with E-state index in [9.17, 15) is 14.0 Å². The first kappa shape index (κ1) is 23.6. The Kier molecular flexibility index (Phi) is 8.73. The number of nitrogens with one attached hydrogen (secondary N) is 1. The number of carbonyl (C=O) groups is 2. The van der Waals surface area contributed by atoms with Crippen molar-refractivity contribution in [3.8, 4) is 0 Å². The summed E-state index contributed by atoms with van der Waals surface area (Å²) in [6.07, 6.45) is 6.23. The van der Waals surface area contributed by atoms with Gasteiger partial charge < -0.3 is 10.2 Å². The molecule has 1 atom stereocenters. The highest BCUT2D eigenvalue weighted by atomic mass is 35.5. The van der Waals surface area contributed by atoms with Gasteiger partial charge in [-0.3, -0.25) is 9.59 Å². The summed E-state index contributed by atoms with van der Waals surface area (Å²) in [7, 11) is 0. The zero-order chi connectivity index (χ0) is 22.2. The summed E-state index contributed by atoms with van der Waals surface area (Å²) >= 11 is 12.3. The van der Waals surface area contributed by atoms with Crippen molar-refractivity contribution in [3.63, 3.8) is 0 Å². The summed E-state index contributed by atoms with van der Waals surface area (Å²) in [6, 6.07) is 12.3. The van der Waals surface area contributed by atoms with E-state index in [-0.39, 0.29) is 29.4 Å². The molecule has 0 radical (unpaired) electrons. The van der Waals surface area contributed by atoms with E-state index < -0.39 is 17.8 Å². The number of carbonyl (C=O) groups excluding carboxylic acids is 2. The molecular formula is C24H27Cl2FN2O2. The average Bonchev–Trinajstić information content (AvgIpc) is 3.03. The highest BCUT2D eigenvalue weighted by Gasteiger charge is 2.34. The summed E-state index contributed by atoms with van der Waals surface area (Å²) in [6.45, 7) is 0.183. The number of amides is 2. The first-order chi connectivity index (χ1) is 15.0. The molecule has 0 aliphatic heterocycles. The molecule has 1 N–H and O–H groups in total. The van der Waals surface area contributed by atoms with Gasteiger partial charge in [-0.25, -0.2) is 4.39 Å². The number of nitrogens with zero attached hydrogens (tertiary/aromatic N) is 1. The average molecular weight is 465 g/mol. The molecule has 4 nitrogen and oxygen atoms in total. The van der Waals surface area contributed by atoms with E-state index in [0.717, 1.165) is 50.2 Å². The van der Waals surface area contributed by atoms with Gasteiger partial charge in [0.15, 0.2) is 0 Å². The van der Waals surface area contributed by atoms with Crippen LogP contribution in [0, 0.1) is 5.82 Å². The quantitative estimate of drug-likeness (QED) is 0.426. The van der Waals surface area contributed by atoms with Crippen LogP contribution in [0.25, 0.3) is 0 Å². The van der Waals surface area contributed by atoms with E-state index >= 15 is 0 Å². The minimum absolute atomic E-state index is 0.0430. The summed E-state index contributed by atoms with van der Waals surface area (Å²) < 4.78 is 13.7. The van der Waals surface area contributed by atoms with Crippen molar-refractivity contribution in [2.24, 2.45) is 0 Å². The Morgan fingerprint density at radius 3 is 2.35 bits per heavy atom. The predicted molar refractivity (Wildman–Crippen MR) is 121 cm³/mol. The normalized spacial score (nSPS) is 15.7. The van der Waals surface area contributed by atoms with Crippen LogP contribution < -0.4 is 5.32 Å². The lowest BCUT2D eigenvalue weighted by atomic mass is 10.0.